The van der Waals surface area contributed by atoms with Crippen LogP contribution in [0.2, 0.25) is 0 Å². The van der Waals surface area contributed by atoms with Gasteiger partial charge in [-0.3, -0.25) is 9.59 Å². The Morgan fingerprint density at radius 2 is 0.884 bits per heavy atom. The summed E-state index contributed by atoms with van der Waals surface area (Å²) in [5, 5.41) is 102. The number of Topliss-reactive ketones (excluding diaryl/α,β-unsaturated/α-hetero) is 2. The van der Waals surface area contributed by atoms with Crippen molar-refractivity contribution in [3.05, 3.63) is 207 Å². The number of methoxy groups -OCH3 is 2. The molecule has 0 atom stereocenters. The number of rotatable bonds is 8. The standard InChI is InChI=1S/C72H31N15O4S4/c1-32-6-10-40(11-7-32)72(41-12-8-33(2)9-13-41)46-20-54(70-66(90-4)44(30-81)52(92-70)18-42-56(38(26-77)27-78)59-61(64(42)88)85-49-16-36(24-75)34(22-73)14-47(49)83-59)94-68(46)63-58(72)69-51(87(63)3)21-55(95-69)71-67(91-5)45(31-82)53(93-71)19-43-57(39(28-79)29-80)60-62(65(43)89)86-50-17-37(25-76)35(23-74)15-48(50)84-60/h6-21H,1-5H3/b42-18-,43-19-. The molecule has 19 nitrogen and oxygen atoms in total. The number of nitriles is 10. The van der Waals surface area contributed by atoms with Gasteiger partial charge in [0, 0.05) is 39.8 Å². The average Bonchev–Trinajstić information content (AvgIpc) is 1.50. The van der Waals surface area contributed by atoms with Crippen LogP contribution in [0, 0.1) is 127 Å². The number of ketones is 2. The highest BCUT2D eigenvalue weighted by molar-refractivity contribution is 7.27. The molecule has 7 heterocycles. The molecule has 0 radical (unpaired) electrons. The molecule has 0 fully saturated rings. The van der Waals surface area contributed by atoms with Crippen LogP contribution < -0.4 is 9.47 Å². The van der Waals surface area contributed by atoms with Gasteiger partial charge >= 0.3 is 0 Å². The largest absolute Gasteiger partial charge is 0.494 e. The lowest BCUT2D eigenvalue weighted by Gasteiger charge is -2.33. The lowest BCUT2D eigenvalue weighted by molar-refractivity contribution is 0.103. The van der Waals surface area contributed by atoms with Gasteiger partial charge in [0.15, 0.2) is 11.5 Å². The van der Waals surface area contributed by atoms with Crippen molar-refractivity contribution in [1.29, 1.82) is 52.6 Å². The monoisotopic (exact) mass is 1300 g/mol. The summed E-state index contributed by atoms with van der Waals surface area (Å²) in [6, 6.07) is 46.3. The Morgan fingerprint density at radius 1 is 0.495 bits per heavy atom. The van der Waals surface area contributed by atoms with Gasteiger partial charge in [0.25, 0.3) is 0 Å². The molecule has 0 spiro atoms. The SMILES string of the molecule is COc1c(-c2cc3c(s2)-c2c(c4sc(-c5sc(/C=C6\C(=O)c7nc8cc(C#N)c(C#N)cc8nc7C6=C(C#N)C#N)c(C#N)c5OC)cc4n2C)C3(c2ccc(C)cc2)c2ccc(C)cc2)sc(/C=C2\C(=O)c3nc4cc(C#N)c(C#N)cc4nc3C2=C(C#N)C#N)c1C#N. The number of aryl methyl sites for hydroxylation is 3. The van der Waals surface area contributed by atoms with E-state index in [0.717, 1.165) is 54.2 Å². The number of nitrogens with zero attached hydrogens (tertiary/aromatic N) is 15. The number of hydrogen-bond acceptors (Lipinski definition) is 22. The second kappa shape index (κ2) is 22.3. The summed E-state index contributed by atoms with van der Waals surface area (Å²) in [4.78, 5) is 51.6. The normalized spacial score (nSPS) is 13.8. The summed E-state index contributed by atoms with van der Waals surface area (Å²) in [6.07, 6.45) is 2.89. The summed E-state index contributed by atoms with van der Waals surface area (Å²) < 4.78 is 15.3. The molecule has 23 heteroatoms. The van der Waals surface area contributed by atoms with Crippen molar-refractivity contribution < 1.29 is 19.1 Å². The first-order valence-corrected chi connectivity index (χ1v) is 31.5. The third-order valence-corrected chi connectivity index (χ3v) is 21.8. The number of hydrogen-bond donors (Lipinski definition) is 0. The van der Waals surface area contributed by atoms with Gasteiger partial charge in [-0.25, -0.2) is 19.9 Å². The molecule has 0 bridgehead atoms. The molecule has 0 unspecified atom stereocenters. The van der Waals surface area contributed by atoms with Crippen LogP contribution in [0.5, 0.6) is 11.5 Å². The molecule has 4 aromatic carbocycles. The number of fused-ring (bicyclic) bond motifs is 9. The fraction of sp³-hybridized carbons (Fsp3) is 0.0833. The lowest BCUT2D eigenvalue weighted by Crippen LogP contribution is -2.28. The van der Waals surface area contributed by atoms with E-state index in [4.69, 9.17) is 9.47 Å². The Balaban J connectivity index is 0.950. The maximum atomic E-state index is 14.6. The molecule has 3 aliphatic carbocycles. The van der Waals surface area contributed by atoms with Crippen molar-refractivity contribution in [1.82, 2.24) is 24.5 Å². The number of aromatic nitrogens is 5. The van der Waals surface area contributed by atoms with E-state index in [1.54, 1.807) is 0 Å². The highest BCUT2D eigenvalue weighted by Crippen LogP contribution is 2.65. The first-order valence-electron chi connectivity index (χ1n) is 28.2. The molecule has 95 heavy (non-hydrogen) atoms. The predicted octanol–water partition coefficient (Wildman–Crippen LogP) is 14.0. The van der Waals surface area contributed by atoms with Gasteiger partial charge in [-0.05, 0) is 79.1 Å². The number of carbonyl (C=O) groups is 2. The zero-order valence-electron chi connectivity index (χ0n) is 49.7. The minimum Gasteiger partial charge on any atom is -0.494 e. The first-order chi connectivity index (χ1) is 46.1. The lowest BCUT2D eigenvalue weighted by atomic mass is 9.68. The van der Waals surface area contributed by atoms with Crippen LogP contribution in [0.3, 0.4) is 0 Å². The Hall–Kier alpha value is -13.3. The maximum Gasteiger partial charge on any atom is 0.214 e. The molecule has 0 N–H and O–H groups in total. The van der Waals surface area contributed by atoms with E-state index in [-0.39, 0.29) is 122 Å². The van der Waals surface area contributed by atoms with E-state index in [1.165, 1.54) is 96.0 Å². The summed E-state index contributed by atoms with van der Waals surface area (Å²) in [7, 11) is 4.88. The van der Waals surface area contributed by atoms with Gasteiger partial charge < -0.3 is 14.0 Å². The van der Waals surface area contributed by atoms with E-state index >= 15 is 0 Å². The molecule has 442 valence electrons. The van der Waals surface area contributed by atoms with Gasteiger partial charge in [-0.15, -0.1) is 45.3 Å². The van der Waals surface area contributed by atoms with Crippen molar-refractivity contribution in [3.8, 4) is 102 Å². The van der Waals surface area contributed by atoms with E-state index < -0.39 is 28.1 Å². The highest BCUT2D eigenvalue weighted by Gasteiger charge is 2.52. The molecule has 11 aromatic rings. The van der Waals surface area contributed by atoms with E-state index in [0.29, 0.717) is 19.5 Å². The topological polar surface area (TPSA) is 347 Å². The fourth-order valence-corrected chi connectivity index (χ4v) is 17.8. The summed E-state index contributed by atoms with van der Waals surface area (Å²) in [5.74, 6) is -0.932. The van der Waals surface area contributed by atoms with Gasteiger partial charge in [0.1, 0.15) is 106 Å². The van der Waals surface area contributed by atoms with E-state index in [2.05, 4.69) is 91.2 Å². The van der Waals surface area contributed by atoms with Crippen LogP contribution in [0.25, 0.3) is 85.7 Å². The third-order valence-electron chi connectivity index (χ3n) is 16.9. The van der Waals surface area contributed by atoms with E-state index in [1.807, 2.05) is 75.5 Å². The molecule has 14 rings (SSSR count). The van der Waals surface area contributed by atoms with Crippen molar-refractivity contribution in [2.75, 3.05) is 14.2 Å². The zero-order valence-corrected chi connectivity index (χ0v) is 53.0. The van der Waals surface area contributed by atoms with Crippen molar-refractivity contribution in [2.24, 2.45) is 7.05 Å². The summed E-state index contributed by atoms with van der Waals surface area (Å²) in [6.45, 7) is 4.03. The Morgan fingerprint density at radius 3 is 1.25 bits per heavy atom. The number of carbonyl (C=O) groups excluding carboxylic acids is 2. The van der Waals surface area contributed by atoms with Crippen LogP contribution in [0.4, 0.5) is 0 Å². The Labute approximate surface area is 554 Å². The predicted molar refractivity (Wildman–Crippen MR) is 353 cm³/mol. The first kappa shape index (κ1) is 59.3. The molecular formula is C72H31N15O4S4. The number of allylic oxidation sites excluding steroid dienone is 6. The van der Waals surface area contributed by atoms with Gasteiger partial charge in [-0.1, -0.05) is 59.7 Å². The van der Waals surface area contributed by atoms with E-state index in [9.17, 15) is 62.2 Å². The summed E-state index contributed by atoms with van der Waals surface area (Å²) >= 11 is 5.33. The quantitative estimate of drug-likeness (QED) is 0.101. The molecule has 3 aliphatic rings. The fourth-order valence-electron chi connectivity index (χ4n) is 12.7. The van der Waals surface area contributed by atoms with Gasteiger partial charge in [-0.2, -0.15) is 52.6 Å². The van der Waals surface area contributed by atoms with Gasteiger partial charge in [0.2, 0.25) is 11.6 Å². The van der Waals surface area contributed by atoms with Crippen LogP contribution in [0.1, 0.15) is 109 Å². The molecule has 0 amide bonds. The minimum absolute atomic E-state index is 0.0156. The third kappa shape index (κ3) is 8.49. The molecule has 0 saturated carbocycles. The Bertz CT molecular complexity index is 6010. The van der Waals surface area contributed by atoms with Crippen molar-refractivity contribution in [3.63, 3.8) is 0 Å². The maximum absolute atomic E-state index is 14.6. The molecule has 0 aliphatic heterocycles. The Kier molecular flexibility index (Phi) is 13.9. The second-order valence-corrected chi connectivity index (χ2v) is 26.1. The second-order valence-electron chi connectivity index (χ2n) is 21.9. The van der Waals surface area contributed by atoms with Crippen LogP contribution in [-0.2, 0) is 12.5 Å². The van der Waals surface area contributed by atoms with Crippen LogP contribution in [-0.4, -0.2) is 50.3 Å². The number of benzene rings is 4. The van der Waals surface area contributed by atoms with Crippen molar-refractivity contribution >= 4 is 112 Å². The molecule has 0 saturated heterocycles. The smallest absolute Gasteiger partial charge is 0.214 e. The molecular weight excluding hydrogens is 1270 g/mol. The minimum atomic E-state index is -1.03. The zero-order chi connectivity index (χ0) is 66.6. The number of ether oxygens (including phenoxy) is 2. The van der Waals surface area contributed by atoms with Crippen LogP contribution in [0.15, 0.2) is 107 Å². The van der Waals surface area contributed by atoms with Crippen molar-refractivity contribution in [2.45, 2.75) is 19.3 Å². The number of thiophene rings is 4. The molecule has 7 aromatic heterocycles. The highest BCUT2D eigenvalue weighted by atomic mass is 32.1. The van der Waals surface area contributed by atoms with Gasteiger partial charge in [0.05, 0.1) is 109 Å². The summed E-state index contributed by atoms with van der Waals surface area (Å²) in [5.41, 5.74) is 5.48. The average molecular weight is 1300 g/mol. The van der Waals surface area contributed by atoms with Crippen LogP contribution >= 0.6 is 45.3 Å².